The van der Waals surface area contributed by atoms with Crippen LogP contribution in [0.25, 0.3) is 0 Å². The molecule has 0 aromatic rings. The molecule has 2 rings (SSSR count). The molecule has 1 N–H and O–H groups in total. The lowest BCUT2D eigenvalue weighted by Crippen LogP contribution is -2.55. The van der Waals surface area contributed by atoms with Gasteiger partial charge in [-0.2, -0.15) is 0 Å². The van der Waals surface area contributed by atoms with Crippen molar-refractivity contribution in [3.63, 3.8) is 0 Å². The van der Waals surface area contributed by atoms with Gasteiger partial charge in [0.05, 0.1) is 25.4 Å². The normalized spacial score (nSPS) is 30.6. The fourth-order valence-electron chi connectivity index (χ4n) is 2.70. The molecule has 2 amide bonds. The molecule has 0 radical (unpaired) electrons. The molecule has 2 aliphatic rings. The summed E-state index contributed by atoms with van der Waals surface area (Å²) in [6.45, 7) is 7.00. The third-order valence-corrected chi connectivity index (χ3v) is 3.85. The molecule has 104 valence electrons. The quantitative estimate of drug-likeness (QED) is 0.759. The molecule has 2 atom stereocenters. The third kappa shape index (κ3) is 3.14. The Bertz CT molecular complexity index is 290. The molecule has 2 saturated heterocycles. The molecular formula is C13H24N2O3. The maximum atomic E-state index is 12.4. The smallest absolute Gasteiger partial charge is 0.320 e. The van der Waals surface area contributed by atoms with E-state index in [1.54, 1.807) is 0 Å². The number of aliphatic hydroxyl groups excluding tert-OH is 1. The third-order valence-electron chi connectivity index (χ3n) is 3.85. The summed E-state index contributed by atoms with van der Waals surface area (Å²) in [6.07, 6.45) is 1.95. The Hall–Kier alpha value is -0.810. The van der Waals surface area contributed by atoms with E-state index in [2.05, 4.69) is 6.92 Å². The molecular weight excluding hydrogens is 232 g/mol. The van der Waals surface area contributed by atoms with E-state index in [0.717, 1.165) is 31.8 Å². The van der Waals surface area contributed by atoms with Gasteiger partial charge in [-0.15, -0.1) is 0 Å². The van der Waals surface area contributed by atoms with Crippen LogP contribution in [0.1, 0.15) is 26.7 Å². The second-order valence-corrected chi connectivity index (χ2v) is 5.61. The van der Waals surface area contributed by atoms with Gasteiger partial charge in [-0.3, -0.25) is 0 Å². The van der Waals surface area contributed by atoms with Crippen LogP contribution in [-0.2, 0) is 4.74 Å². The van der Waals surface area contributed by atoms with E-state index in [9.17, 15) is 9.90 Å². The predicted molar refractivity (Wildman–Crippen MR) is 68.4 cm³/mol. The Morgan fingerprint density at radius 3 is 2.50 bits per heavy atom. The van der Waals surface area contributed by atoms with Gasteiger partial charge in [-0.1, -0.05) is 6.92 Å². The Morgan fingerprint density at radius 2 is 1.89 bits per heavy atom. The van der Waals surface area contributed by atoms with E-state index in [4.69, 9.17) is 4.74 Å². The number of carbonyl (C=O) groups excluding carboxylic acids is 1. The summed E-state index contributed by atoms with van der Waals surface area (Å²) in [5.74, 6) is 0.725. The van der Waals surface area contributed by atoms with E-state index < -0.39 is 0 Å². The number of hydrogen-bond acceptors (Lipinski definition) is 3. The Labute approximate surface area is 109 Å². The highest BCUT2D eigenvalue weighted by molar-refractivity contribution is 5.74. The van der Waals surface area contributed by atoms with Crippen LogP contribution in [0.5, 0.6) is 0 Å². The van der Waals surface area contributed by atoms with Crippen molar-refractivity contribution < 1.29 is 14.6 Å². The standard InChI is InChI=1S/C13H24N2O3/c1-10-3-5-14(6-4-10)13(17)15-7-11(2)18-12(8-15)9-16/h10-12,16H,3-9H2,1-2H3. The average Bonchev–Trinajstić information content (AvgIpc) is 2.38. The zero-order chi connectivity index (χ0) is 13.1. The van der Waals surface area contributed by atoms with E-state index in [0.29, 0.717) is 13.1 Å². The molecule has 5 heteroatoms. The molecule has 2 heterocycles. The lowest BCUT2D eigenvalue weighted by Gasteiger charge is -2.40. The second-order valence-electron chi connectivity index (χ2n) is 5.61. The van der Waals surface area contributed by atoms with Crippen molar-refractivity contribution in [3.05, 3.63) is 0 Å². The molecule has 18 heavy (non-hydrogen) atoms. The van der Waals surface area contributed by atoms with Crippen molar-refractivity contribution in [1.29, 1.82) is 0 Å². The number of morpholine rings is 1. The van der Waals surface area contributed by atoms with E-state index in [-0.39, 0.29) is 24.8 Å². The number of hydrogen-bond donors (Lipinski definition) is 1. The number of ether oxygens (including phenoxy) is 1. The number of aliphatic hydroxyl groups is 1. The van der Waals surface area contributed by atoms with Crippen LogP contribution in [0.3, 0.4) is 0 Å². The molecule has 0 spiro atoms. The average molecular weight is 256 g/mol. The van der Waals surface area contributed by atoms with Gasteiger partial charge in [0.15, 0.2) is 0 Å². The van der Waals surface area contributed by atoms with Crippen molar-refractivity contribution in [3.8, 4) is 0 Å². The molecule has 0 bridgehead atoms. The summed E-state index contributed by atoms with van der Waals surface area (Å²) in [4.78, 5) is 16.1. The lowest BCUT2D eigenvalue weighted by atomic mass is 9.99. The summed E-state index contributed by atoms with van der Waals surface area (Å²) in [5.41, 5.74) is 0. The first-order valence-electron chi connectivity index (χ1n) is 6.90. The summed E-state index contributed by atoms with van der Waals surface area (Å²) in [6, 6.07) is 0.107. The predicted octanol–water partition coefficient (Wildman–Crippen LogP) is 0.920. The maximum Gasteiger partial charge on any atom is 0.320 e. The summed E-state index contributed by atoms with van der Waals surface area (Å²) < 4.78 is 5.56. The first-order valence-corrected chi connectivity index (χ1v) is 6.90. The fraction of sp³-hybridized carbons (Fsp3) is 0.923. The minimum atomic E-state index is -0.235. The number of rotatable bonds is 1. The van der Waals surface area contributed by atoms with Gasteiger partial charge in [-0.25, -0.2) is 4.79 Å². The zero-order valence-electron chi connectivity index (χ0n) is 11.3. The number of urea groups is 1. The van der Waals surface area contributed by atoms with Gasteiger partial charge < -0.3 is 19.6 Å². The Balaban J connectivity index is 1.91. The highest BCUT2D eigenvalue weighted by Crippen LogP contribution is 2.19. The number of carbonyl (C=O) groups is 1. The Kier molecular flexibility index (Phi) is 4.45. The lowest BCUT2D eigenvalue weighted by molar-refractivity contribution is -0.0865. The van der Waals surface area contributed by atoms with E-state index >= 15 is 0 Å². The molecule has 2 aliphatic heterocycles. The van der Waals surface area contributed by atoms with Crippen molar-refractivity contribution in [2.75, 3.05) is 32.8 Å². The van der Waals surface area contributed by atoms with Crippen LogP contribution in [0.4, 0.5) is 4.79 Å². The van der Waals surface area contributed by atoms with E-state index in [1.165, 1.54) is 0 Å². The number of amides is 2. The first-order chi connectivity index (χ1) is 8.60. The number of likely N-dealkylation sites (tertiary alicyclic amines) is 1. The highest BCUT2D eigenvalue weighted by atomic mass is 16.5. The molecule has 0 aromatic heterocycles. The largest absolute Gasteiger partial charge is 0.394 e. The van der Waals surface area contributed by atoms with Crippen LogP contribution in [0.2, 0.25) is 0 Å². The van der Waals surface area contributed by atoms with Gasteiger partial charge in [0, 0.05) is 19.6 Å². The van der Waals surface area contributed by atoms with Crippen molar-refractivity contribution in [2.24, 2.45) is 5.92 Å². The fourth-order valence-corrected chi connectivity index (χ4v) is 2.70. The molecule has 0 saturated carbocycles. The molecule has 5 nitrogen and oxygen atoms in total. The van der Waals surface area contributed by atoms with Crippen LogP contribution >= 0.6 is 0 Å². The van der Waals surface area contributed by atoms with Gasteiger partial charge in [0.2, 0.25) is 0 Å². The van der Waals surface area contributed by atoms with Gasteiger partial charge in [-0.05, 0) is 25.7 Å². The monoisotopic (exact) mass is 256 g/mol. The maximum absolute atomic E-state index is 12.4. The van der Waals surface area contributed by atoms with Crippen molar-refractivity contribution in [2.45, 2.75) is 38.9 Å². The summed E-state index contributed by atoms with van der Waals surface area (Å²) in [5, 5.41) is 9.18. The highest BCUT2D eigenvalue weighted by Gasteiger charge is 2.31. The van der Waals surface area contributed by atoms with Crippen LogP contribution in [0.15, 0.2) is 0 Å². The molecule has 0 aliphatic carbocycles. The summed E-state index contributed by atoms with van der Waals surface area (Å²) >= 11 is 0. The van der Waals surface area contributed by atoms with E-state index in [1.807, 2.05) is 16.7 Å². The van der Waals surface area contributed by atoms with Crippen molar-refractivity contribution in [1.82, 2.24) is 9.80 Å². The van der Waals surface area contributed by atoms with Crippen LogP contribution in [0, 0.1) is 5.92 Å². The Morgan fingerprint density at radius 1 is 1.22 bits per heavy atom. The van der Waals surface area contributed by atoms with Gasteiger partial charge in [0.25, 0.3) is 0 Å². The molecule has 2 unspecified atom stereocenters. The first kappa shape index (κ1) is 13.6. The van der Waals surface area contributed by atoms with Crippen LogP contribution < -0.4 is 0 Å². The minimum absolute atomic E-state index is 0.00330. The van der Waals surface area contributed by atoms with Crippen molar-refractivity contribution >= 4 is 6.03 Å². The minimum Gasteiger partial charge on any atom is -0.394 e. The second kappa shape index (κ2) is 5.89. The summed E-state index contributed by atoms with van der Waals surface area (Å²) in [7, 11) is 0. The molecule has 2 fully saturated rings. The SMILES string of the molecule is CC1CCN(C(=O)N2CC(C)OC(CO)C2)CC1. The number of piperidine rings is 1. The van der Waals surface area contributed by atoms with Gasteiger partial charge in [0.1, 0.15) is 0 Å². The zero-order valence-corrected chi connectivity index (χ0v) is 11.3. The number of nitrogens with zero attached hydrogens (tertiary/aromatic N) is 2. The van der Waals surface area contributed by atoms with Gasteiger partial charge >= 0.3 is 6.03 Å². The van der Waals surface area contributed by atoms with Crippen LogP contribution in [-0.4, -0.2) is 65.9 Å². The topological polar surface area (TPSA) is 53.0 Å². The molecule has 0 aromatic carbocycles.